The fourth-order valence-electron chi connectivity index (χ4n) is 3.46. The molecule has 0 atom stereocenters. The zero-order valence-corrected chi connectivity index (χ0v) is 21.7. The highest BCUT2D eigenvalue weighted by Crippen LogP contribution is 2.28. The quantitative estimate of drug-likeness (QED) is 0.105. The topological polar surface area (TPSA) is 166 Å². The number of hydrogen-bond donors (Lipinski definition) is 4. The lowest BCUT2D eigenvalue weighted by molar-refractivity contribution is -0.137. The van der Waals surface area contributed by atoms with Gasteiger partial charge in [-0.3, -0.25) is 19.3 Å². The molecule has 0 bridgehead atoms. The van der Waals surface area contributed by atoms with Crippen LogP contribution in [0.4, 0.5) is 13.2 Å². The minimum absolute atomic E-state index is 0.0168. The number of halogens is 3. The van der Waals surface area contributed by atoms with E-state index < -0.39 is 23.6 Å². The number of hydrazine groups is 1. The molecule has 2 aromatic heterocycles. The van der Waals surface area contributed by atoms with E-state index in [0.29, 0.717) is 31.7 Å². The largest absolute Gasteiger partial charge is 0.497 e. The Morgan fingerprint density at radius 3 is 2.70 bits per heavy atom. The van der Waals surface area contributed by atoms with Gasteiger partial charge in [0.1, 0.15) is 11.4 Å². The average Bonchev–Trinajstić information content (AvgIpc) is 3.41. The van der Waals surface area contributed by atoms with Gasteiger partial charge in [-0.25, -0.2) is 5.84 Å². The van der Waals surface area contributed by atoms with Crippen LogP contribution in [-0.4, -0.2) is 50.5 Å². The van der Waals surface area contributed by atoms with Gasteiger partial charge in [0.25, 0.3) is 11.8 Å². The van der Waals surface area contributed by atoms with E-state index in [-0.39, 0.29) is 30.2 Å². The van der Waals surface area contributed by atoms with E-state index >= 15 is 0 Å². The molecular weight excluding hydrogens is 531 g/mol. The van der Waals surface area contributed by atoms with Crippen LogP contribution < -0.4 is 26.9 Å². The van der Waals surface area contributed by atoms with Crippen molar-refractivity contribution in [1.29, 1.82) is 0 Å². The number of benzene rings is 1. The molecule has 0 fully saturated rings. The molecule has 0 saturated carbocycles. The van der Waals surface area contributed by atoms with Crippen LogP contribution in [0.3, 0.4) is 0 Å². The van der Waals surface area contributed by atoms with Crippen LogP contribution in [0.15, 0.2) is 60.7 Å². The molecule has 0 aliphatic heterocycles. The number of nitrogens with one attached hydrogen (secondary N) is 2. The van der Waals surface area contributed by atoms with E-state index in [9.17, 15) is 22.8 Å². The van der Waals surface area contributed by atoms with E-state index in [4.69, 9.17) is 16.3 Å². The smallest absolute Gasteiger partial charge is 0.416 e. The van der Waals surface area contributed by atoms with Crippen LogP contribution >= 0.6 is 0 Å². The van der Waals surface area contributed by atoms with E-state index in [2.05, 4.69) is 25.9 Å². The highest BCUT2D eigenvalue weighted by atomic mass is 19.4. The number of rotatable bonds is 13. The lowest BCUT2D eigenvalue weighted by Crippen LogP contribution is -2.33. The minimum atomic E-state index is -4.50. The van der Waals surface area contributed by atoms with E-state index in [1.165, 1.54) is 22.1 Å². The van der Waals surface area contributed by atoms with Gasteiger partial charge in [0.05, 0.1) is 31.1 Å². The Bertz CT molecular complexity index is 1330. The number of methoxy groups -OCH3 is 1. The van der Waals surface area contributed by atoms with E-state index in [0.717, 1.165) is 23.9 Å². The Morgan fingerprint density at radius 2 is 1.95 bits per heavy atom. The SMILES string of the molecule is COc1cccc(CNC(=O)/C(N)=C/N(N)CCCCn2cc(C(=O)NCc3cc(C(F)(F)F)ccn3)nn2)c1. The molecule has 3 aromatic rings. The molecule has 3 rings (SSSR count). The molecule has 0 saturated heterocycles. The van der Waals surface area contributed by atoms with Gasteiger partial charge in [0.2, 0.25) is 0 Å². The molecule has 0 unspecified atom stereocenters. The Morgan fingerprint density at radius 1 is 1.15 bits per heavy atom. The first-order valence-electron chi connectivity index (χ1n) is 12.2. The Kier molecular flexibility index (Phi) is 10.4. The van der Waals surface area contributed by atoms with Crippen molar-refractivity contribution in [3.8, 4) is 5.75 Å². The van der Waals surface area contributed by atoms with Crippen molar-refractivity contribution in [2.75, 3.05) is 13.7 Å². The summed E-state index contributed by atoms with van der Waals surface area (Å²) in [4.78, 5) is 28.4. The third kappa shape index (κ3) is 9.27. The molecule has 0 aliphatic carbocycles. The number of unbranched alkanes of at least 4 members (excludes halogenated alkanes) is 1. The van der Waals surface area contributed by atoms with Crippen molar-refractivity contribution in [2.24, 2.45) is 11.6 Å². The predicted molar refractivity (Wildman–Crippen MR) is 138 cm³/mol. The number of aryl methyl sites for hydroxylation is 1. The van der Waals surface area contributed by atoms with Crippen molar-refractivity contribution in [1.82, 2.24) is 35.6 Å². The molecule has 0 aliphatic rings. The summed E-state index contributed by atoms with van der Waals surface area (Å²) < 4.78 is 45.1. The third-order valence-electron chi connectivity index (χ3n) is 5.55. The minimum Gasteiger partial charge on any atom is -0.497 e. The summed E-state index contributed by atoms with van der Waals surface area (Å²) in [6, 6.07) is 9.00. The molecule has 12 nitrogen and oxygen atoms in total. The van der Waals surface area contributed by atoms with Crippen molar-refractivity contribution < 1.29 is 27.5 Å². The Labute approximate surface area is 228 Å². The maximum absolute atomic E-state index is 12.8. The van der Waals surface area contributed by atoms with Crippen LogP contribution in [0.25, 0.3) is 0 Å². The first-order chi connectivity index (χ1) is 19.0. The molecule has 40 heavy (non-hydrogen) atoms. The Balaban J connectivity index is 1.37. The van der Waals surface area contributed by atoms with Gasteiger partial charge in [-0.1, -0.05) is 17.3 Å². The first-order valence-corrected chi connectivity index (χ1v) is 12.2. The standard InChI is InChI=1S/C25H30F3N9O3/c1-40-20-6-4-5-17(11-20)13-32-23(38)21(29)15-36(30)9-2-3-10-37-16-22(34-35-37)24(39)33-14-19-12-18(7-8-31-19)25(26,27)28/h4-8,11-12,15-16H,2-3,9-10,13-14,29-30H2,1H3,(H,32,38)(H,33,39)/b21-15-. The zero-order chi connectivity index (χ0) is 29.1. The highest BCUT2D eigenvalue weighted by molar-refractivity contribution is 5.92. The fraction of sp³-hybridized carbons (Fsp3) is 0.320. The van der Waals surface area contributed by atoms with Gasteiger partial charge in [-0.05, 0) is 42.7 Å². The molecule has 6 N–H and O–H groups in total. The van der Waals surface area contributed by atoms with E-state index in [1.54, 1.807) is 19.2 Å². The molecule has 2 heterocycles. The fourth-order valence-corrected chi connectivity index (χ4v) is 3.46. The summed E-state index contributed by atoms with van der Waals surface area (Å²) in [7, 11) is 1.56. The lowest BCUT2D eigenvalue weighted by Gasteiger charge is -2.15. The maximum Gasteiger partial charge on any atom is 0.416 e. The average molecular weight is 562 g/mol. The molecule has 214 valence electrons. The van der Waals surface area contributed by atoms with Crippen LogP contribution in [0.5, 0.6) is 5.75 Å². The second-order valence-corrected chi connectivity index (χ2v) is 8.65. The van der Waals surface area contributed by atoms with Crippen LogP contribution in [-0.2, 0) is 30.6 Å². The van der Waals surface area contributed by atoms with Crippen molar-refractivity contribution >= 4 is 11.8 Å². The summed E-state index contributed by atoms with van der Waals surface area (Å²) in [5.74, 6) is 5.55. The van der Waals surface area contributed by atoms with Crippen molar-refractivity contribution in [3.05, 3.63) is 83.2 Å². The van der Waals surface area contributed by atoms with Crippen LogP contribution in [0, 0.1) is 0 Å². The monoisotopic (exact) mass is 561 g/mol. The number of hydrogen-bond acceptors (Lipinski definition) is 9. The third-order valence-corrected chi connectivity index (χ3v) is 5.55. The first kappa shape index (κ1) is 29.9. The van der Waals surface area contributed by atoms with Crippen molar-refractivity contribution in [2.45, 2.75) is 38.7 Å². The summed E-state index contributed by atoms with van der Waals surface area (Å²) in [5, 5.41) is 14.2. The van der Waals surface area contributed by atoms with Crippen LogP contribution in [0.1, 0.15) is 40.2 Å². The number of carbonyl (C=O) groups is 2. The van der Waals surface area contributed by atoms with Gasteiger partial charge in [-0.2, -0.15) is 13.2 Å². The summed E-state index contributed by atoms with van der Waals surface area (Å²) in [6.07, 6.45) is 0.556. The number of alkyl halides is 3. The maximum atomic E-state index is 12.8. The number of ether oxygens (including phenoxy) is 1. The number of aromatic nitrogens is 4. The second kappa shape index (κ2) is 13.9. The van der Waals surface area contributed by atoms with Gasteiger partial charge in [0.15, 0.2) is 5.69 Å². The number of nitrogens with two attached hydrogens (primary N) is 2. The normalized spacial score (nSPS) is 11.7. The number of pyridine rings is 1. The Hall–Kier alpha value is -4.66. The molecule has 0 radical (unpaired) electrons. The summed E-state index contributed by atoms with van der Waals surface area (Å²) in [5.41, 5.74) is 5.88. The molecule has 0 spiro atoms. The zero-order valence-electron chi connectivity index (χ0n) is 21.7. The van der Waals surface area contributed by atoms with Gasteiger partial charge >= 0.3 is 6.18 Å². The van der Waals surface area contributed by atoms with Gasteiger partial charge in [0, 0.05) is 32.0 Å². The van der Waals surface area contributed by atoms with Crippen molar-refractivity contribution in [3.63, 3.8) is 0 Å². The van der Waals surface area contributed by atoms with Gasteiger partial charge in [-0.15, -0.1) is 5.10 Å². The summed E-state index contributed by atoms with van der Waals surface area (Å²) in [6.45, 7) is 0.909. The molecular formula is C25H30F3N9O3. The van der Waals surface area contributed by atoms with E-state index in [1.807, 2.05) is 12.1 Å². The predicted octanol–water partition coefficient (Wildman–Crippen LogP) is 1.70. The molecule has 1 aromatic carbocycles. The number of carbonyl (C=O) groups excluding carboxylic acids is 2. The second-order valence-electron chi connectivity index (χ2n) is 8.65. The molecule has 2 amide bonds. The summed E-state index contributed by atoms with van der Waals surface area (Å²) >= 11 is 0. The van der Waals surface area contributed by atoms with Crippen LogP contribution in [0.2, 0.25) is 0 Å². The number of nitrogens with zero attached hydrogens (tertiary/aromatic N) is 5. The highest BCUT2D eigenvalue weighted by Gasteiger charge is 2.30. The molecule has 15 heteroatoms. The lowest BCUT2D eigenvalue weighted by atomic mass is 10.2. The number of amides is 2. The van der Waals surface area contributed by atoms with Gasteiger partial charge < -0.3 is 26.1 Å².